The van der Waals surface area contributed by atoms with Gasteiger partial charge in [-0.2, -0.15) is 0 Å². The van der Waals surface area contributed by atoms with Crippen LogP contribution in [0.25, 0.3) is 0 Å². The first-order chi connectivity index (χ1) is 9.70. The number of rotatable bonds is 6. The minimum absolute atomic E-state index is 0.00973. The van der Waals surface area contributed by atoms with Crippen molar-refractivity contribution in [3.8, 4) is 0 Å². The number of benzene rings is 1. The van der Waals surface area contributed by atoms with E-state index in [9.17, 15) is 4.39 Å². The third-order valence-corrected chi connectivity index (χ3v) is 4.48. The highest BCUT2D eigenvalue weighted by atomic mass is 19.1. The lowest BCUT2D eigenvalue weighted by atomic mass is 9.83. The fraction of sp³-hybridized carbons (Fsp3) is 0.579. The molecule has 20 heavy (non-hydrogen) atoms. The smallest absolute Gasteiger partial charge is 0.126 e. The summed E-state index contributed by atoms with van der Waals surface area (Å²) in [6.07, 6.45) is 10.3. The van der Waals surface area contributed by atoms with E-state index in [0.29, 0.717) is 5.92 Å². The van der Waals surface area contributed by atoms with Crippen LogP contribution in [0, 0.1) is 5.82 Å². The molecule has 0 heterocycles. The van der Waals surface area contributed by atoms with E-state index in [-0.39, 0.29) is 5.82 Å². The summed E-state index contributed by atoms with van der Waals surface area (Å²) < 4.78 is 14.3. The maximum Gasteiger partial charge on any atom is 0.126 e. The first kappa shape index (κ1) is 15.3. The lowest BCUT2D eigenvalue weighted by Gasteiger charge is -2.22. The lowest BCUT2D eigenvalue weighted by Crippen LogP contribution is -2.07. The molecule has 0 spiro atoms. The summed E-state index contributed by atoms with van der Waals surface area (Å²) in [7, 11) is 0. The maximum absolute atomic E-state index is 14.3. The summed E-state index contributed by atoms with van der Waals surface area (Å²) in [6, 6.07) is 5.90. The second kappa shape index (κ2) is 7.61. The molecule has 1 heteroatoms. The van der Waals surface area contributed by atoms with Gasteiger partial charge in [0.05, 0.1) is 0 Å². The average Bonchev–Trinajstić information content (AvgIpc) is 2.46. The van der Waals surface area contributed by atoms with Gasteiger partial charge in [0, 0.05) is 0 Å². The Morgan fingerprint density at radius 3 is 2.60 bits per heavy atom. The van der Waals surface area contributed by atoms with Crippen LogP contribution < -0.4 is 0 Å². The van der Waals surface area contributed by atoms with Crippen LogP contribution >= 0.6 is 0 Å². The Labute approximate surface area is 123 Å². The molecular weight excluding hydrogens is 247 g/mol. The number of hydrogen-bond acceptors (Lipinski definition) is 0. The third-order valence-electron chi connectivity index (χ3n) is 4.48. The van der Waals surface area contributed by atoms with Crippen molar-refractivity contribution >= 4 is 0 Å². The molecule has 0 radical (unpaired) electrons. The van der Waals surface area contributed by atoms with Gasteiger partial charge in [-0.15, -0.1) is 0 Å². The molecule has 0 amide bonds. The third kappa shape index (κ3) is 4.19. The number of hydrogen-bond donors (Lipinski definition) is 0. The zero-order valence-electron chi connectivity index (χ0n) is 12.8. The van der Waals surface area contributed by atoms with Gasteiger partial charge in [-0.05, 0) is 55.2 Å². The number of allylic oxidation sites excluding steroid dienone is 1. The van der Waals surface area contributed by atoms with Gasteiger partial charge in [-0.1, -0.05) is 56.9 Å². The Morgan fingerprint density at radius 1 is 1.20 bits per heavy atom. The largest absolute Gasteiger partial charge is 0.207 e. The molecule has 1 saturated carbocycles. The summed E-state index contributed by atoms with van der Waals surface area (Å²) in [5, 5.41) is 0. The zero-order chi connectivity index (χ0) is 14.4. The number of aryl methyl sites for hydroxylation is 1. The minimum atomic E-state index is 0.00973. The lowest BCUT2D eigenvalue weighted by molar-refractivity contribution is 0.429. The highest BCUT2D eigenvalue weighted by Crippen LogP contribution is 2.34. The van der Waals surface area contributed by atoms with Crippen molar-refractivity contribution in [2.75, 3.05) is 0 Å². The first-order valence-electron chi connectivity index (χ1n) is 8.15. The van der Waals surface area contributed by atoms with Crippen molar-refractivity contribution < 1.29 is 4.39 Å². The quantitative estimate of drug-likeness (QED) is 0.545. The topological polar surface area (TPSA) is 0 Å². The molecule has 110 valence electrons. The Hall–Kier alpha value is -1.11. The summed E-state index contributed by atoms with van der Waals surface area (Å²) >= 11 is 0. The van der Waals surface area contributed by atoms with Crippen molar-refractivity contribution in [1.29, 1.82) is 0 Å². The standard InChI is InChI=1S/C19H27F/c1-3-7-15(2)10-11-16-12-13-18(19(20)14-16)17-8-5-4-6-9-17/h12-14,17H,2-11H2,1H3. The Balaban J connectivity index is 1.96. The van der Waals surface area contributed by atoms with Crippen LogP contribution in [0.1, 0.15) is 75.3 Å². The molecule has 1 aliphatic carbocycles. The van der Waals surface area contributed by atoms with E-state index >= 15 is 0 Å². The predicted molar refractivity (Wildman–Crippen MR) is 84.6 cm³/mol. The van der Waals surface area contributed by atoms with Crippen molar-refractivity contribution in [3.63, 3.8) is 0 Å². The zero-order valence-corrected chi connectivity index (χ0v) is 12.8. The van der Waals surface area contributed by atoms with Gasteiger partial charge in [0.1, 0.15) is 5.82 Å². The molecule has 0 atom stereocenters. The van der Waals surface area contributed by atoms with Crippen LogP contribution in [0.15, 0.2) is 30.4 Å². The average molecular weight is 274 g/mol. The molecule has 1 aliphatic rings. The molecule has 1 aromatic carbocycles. The van der Waals surface area contributed by atoms with Gasteiger partial charge >= 0.3 is 0 Å². The molecule has 0 aliphatic heterocycles. The second-order valence-corrected chi connectivity index (χ2v) is 6.19. The van der Waals surface area contributed by atoms with Crippen LogP contribution in [0.2, 0.25) is 0 Å². The summed E-state index contributed by atoms with van der Waals surface area (Å²) in [4.78, 5) is 0. The molecule has 2 rings (SSSR count). The molecule has 0 saturated heterocycles. The SMILES string of the molecule is C=C(CCC)CCc1ccc(C2CCCCC2)c(F)c1. The Morgan fingerprint density at radius 2 is 1.95 bits per heavy atom. The van der Waals surface area contributed by atoms with Crippen molar-refractivity contribution in [2.24, 2.45) is 0 Å². The van der Waals surface area contributed by atoms with Crippen molar-refractivity contribution in [3.05, 3.63) is 47.3 Å². The van der Waals surface area contributed by atoms with Crippen LogP contribution in [0.3, 0.4) is 0 Å². The van der Waals surface area contributed by atoms with Gasteiger partial charge in [-0.25, -0.2) is 4.39 Å². The molecule has 0 nitrogen and oxygen atoms in total. The maximum atomic E-state index is 14.3. The first-order valence-corrected chi connectivity index (χ1v) is 8.15. The van der Waals surface area contributed by atoms with Gasteiger partial charge in [0.15, 0.2) is 0 Å². The summed E-state index contributed by atoms with van der Waals surface area (Å²) in [5.41, 5.74) is 3.34. The van der Waals surface area contributed by atoms with Gasteiger partial charge in [0.2, 0.25) is 0 Å². The van der Waals surface area contributed by atoms with E-state index in [2.05, 4.69) is 19.6 Å². The van der Waals surface area contributed by atoms with Crippen LogP contribution in [-0.4, -0.2) is 0 Å². The molecule has 0 N–H and O–H groups in total. The van der Waals surface area contributed by atoms with E-state index in [1.54, 1.807) is 6.07 Å². The molecular formula is C19H27F. The Kier molecular flexibility index (Phi) is 5.82. The van der Waals surface area contributed by atoms with Gasteiger partial charge < -0.3 is 0 Å². The highest BCUT2D eigenvalue weighted by Gasteiger charge is 2.18. The summed E-state index contributed by atoms with van der Waals surface area (Å²) in [5.74, 6) is 0.461. The molecule has 0 aromatic heterocycles. The van der Waals surface area contributed by atoms with E-state index in [0.717, 1.165) is 49.7 Å². The van der Waals surface area contributed by atoms with E-state index < -0.39 is 0 Å². The fourth-order valence-electron chi connectivity index (χ4n) is 3.27. The number of halogens is 1. The molecule has 0 bridgehead atoms. The van der Waals surface area contributed by atoms with Crippen molar-refractivity contribution in [1.82, 2.24) is 0 Å². The van der Waals surface area contributed by atoms with Crippen LogP contribution in [-0.2, 0) is 6.42 Å². The minimum Gasteiger partial charge on any atom is -0.207 e. The van der Waals surface area contributed by atoms with Gasteiger partial charge in [0.25, 0.3) is 0 Å². The van der Waals surface area contributed by atoms with Crippen molar-refractivity contribution in [2.45, 2.75) is 70.6 Å². The van der Waals surface area contributed by atoms with Crippen LogP contribution in [0.4, 0.5) is 4.39 Å². The molecule has 0 unspecified atom stereocenters. The van der Waals surface area contributed by atoms with E-state index in [1.165, 1.54) is 24.8 Å². The van der Waals surface area contributed by atoms with Gasteiger partial charge in [-0.3, -0.25) is 0 Å². The Bertz CT molecular complexity index is 441. The molecule has 1 aromatic rings. The predicted octanol–water partition coefficient (Wildman–Crippen LogP) is 6.16. The second-order valence-electron chi connectivity index (χ2n) is 6.19. The fourth-order valence-corrected chi connectivity index (χ4v) is 3.27. The molecule has 1 fully saturated rings. The van der Waals surface area contributed by atoms with E-state index in [1.807, 2.05) is 6.07 Å². The normalized spacial score (nSPS) is 16.3. The van der Waals surface area contributed by atoms with Crippen LogP contribution in [0.5, 0.6) is 0 Å². The highest BCUT2D eigenvalue weighted by molar-refractivity contribution is 5.28. The van der Waals surface area contributed by atoms with E-state index in [4.69, 9.17) is 0 Å². The monoisotopic (exact) mass is 274 g/mol. The summed E-state index contributed by atoms with van der Waals surface area (Å²) in [6.45, 7) is 6.25.